The predicted octanol–water partition coefficient (Wildman–Crippen LogP) is 4.35. The first-order valence-corrected chi connectivity index (χ1v) is 8.17. The van der Waals surface area contributed by atoms with Crippen LogP contribution in [0.2, 0.25) is 0 Å². The number of hydrogen-bond acceptors (Lipinski definition) is 2. The van der Waals surface area contributed by atoms with E-state index in [9.17, 15) is 0 Å². The summed E-state index contributed by atoms with van der Waals surface area (Å²) in [4.78, 5) is 0.434. The van der Waals surface area contributed by atoms with Crippen LogP contribution in [0.1, 0.15) is 38.7 Å². The van der Waals surface area contributed by atoms with Crippen molar-refractivity contribution in [3.63, 3.8) is 0 Å². The summed E-state index contributed by atoms with van der Waals surface area (Å²) in [5, 5.41) is 0. The van der Waals surface area contributed by atoms with Crippen LogP contribution in [-0.2, 0) is 11.2 Å². The van der Waals surface area contributed by atoms with Crippen molar-refractivity contribution in [1.29, 1.82) is 0 Å². The molecule has 1 aromatic carbocycles. The van der Waals surface area contributed by atoms with E-state index in [1.54, 1.807) is 0 Å². The Morgan fingerprint density at radius 1 is 1.16 bits per heavy atom. The standard InChI is InChI=1S/C16H23BrO2/c1-3-5-12-6-8-13(9-7-12)19-15-11-14(17)16(15)18-10-4-2/h6-9,14-16H,3-5,10-11H2,1-2H3. The van der Waals surface area contributed by atoms with Crippen LogP contribution >= 0.6 is 15.9 Å². The lowest BCUT2D eigenvalue weighted by atomic mass is 9.91. The van der Waals surface area contributed by atoms with Crippen molar-refractivity contribution in [1.82, 2.24) is 0 Å². The number of benzene rings is 1. The Morgan fingerprint density at radius 3 is 2.47 bits per heavy atom. The lowest BCUT2D eigenvalue weighted by Crippen LogP contribution is -2.52. The Morgan fingerprint density at radius 2 is 1.89 bits per heavy atom. The smallest absolute Gasteiger partial charge is 0.127 e. The van der Waals surface area contributed by atoms with Crippen molar-refractivity contribution in [3.05, 3.63) is 29.8 Å². The van der Waals surface area contributed by atoms with Gasteiger partial charge in [-0.1, -0.05) is 48.3 Å². The summed E-state index contributed by atoms with van der Waals surface area (Å²) < 4.78 is 11.8. The van der Waals surface area contributed by atoms with Gasteiger partial charge in [-0.05, 0) is 30.5 Å². The third kappa shape index (κ3) is 3.96. The zero-order valence-electron chi connectivity index (χ0n) is 11.8. The fraction of sp³-hybridized carbons (Fsp3) is 0.625. The van der Waals surface area contributed by atoms with E-state index in [0.717, 1.165) is 31.6 Å². The molecule has 1 fully saturated rings. The summed E-state index contributed by atoms with van der Waals surface area (Å²) in [5.74, 6) is 0.953. The Bertz CT molecular complexity index is 377. The van der Waals surface area contributed by atoms with Gasteiger partial charge in [0, 0.05) is 17.9 Å². The third-order valence-corrected chi connectivity index (χ3v) is 4.34. The summed E-state index contributed by atoms with van der Waals surface area (Å²) in [5.41, 5.74) is 1.38. The second-order valence-corrected chi connectivity index (χ2v) is 6.31. The maximum absolute atomic E-state index is 6.01. The lowest BCUT2D eigenvalue weighted by molar-refractivity contribution is -0.0762. The van der Waals surface area contributed by atoms with Gasteiger partial charge < -0.3 is 9.47 Å². The van der Waals surface area contributed by atoms with Crippen LogP contribution in [-0.4, -0.2) is 23.6 Å². The molecule has 2 rings (SSSR count). The minimum absolute atomic E-state index is 0.188. The van der Waals surface area contributed by atoms with Gasteiger partial charge >= 0.3 is 0 Å². The highest BCUT2D eigenvalue weighted by Crippen LogP contribution is 2.34. The molecule has 0 amide bonds. The van der Waals surface area contributed by atoms with Crippen molar-refractivity contribution < 1.29 is 9.47 Å². The molecular formula is C16H23BrO2. The third-order valence-electron chi connectivity index (χ3n) is 3.44. The normalized spacial score (nSPS) is 25.9. The van der Waals surface area contributed by atoms with E-state index in [2.05, 4.69) is 54.0 Å². The zero-order valence-corrected chi connectivity index (χ0v) is 13.4. The average molecular weight is 327 g/mol. The van der Waals surface area contributed by atoms with Gasteiger partial charge in [0.05, 0.1) is 0 Å². The first kappa shape index (κ1) is 14.9. The molecule has 3 unspecified atom stereocenters. The maximum Gasteiger partial charge on any atom is 0.127 e. The molecule has 1 saturated carbocycles. The number of rotatable bonds is 7. The fourth-order valence-corrected chi connectivity index (χ4v) is 3.17. The largest absolute Gasteiger partial charge is 0.488 e. The molecule has 106 valence electrons. The molecule has 3 atom stereocenters. The molecule has 0 bridgehead atoms. The van der Waals surface area contributed by atoms with Crippen LogP contribution in [0.15, 0.2) is 24.3 Å². The van der Waals surface area contributed by atoms with Crippen molar-refractivity contribution in [3.8, 4) is 5.75 Å². The number of alkyl halides is 1. The SMILES string of the molecule is CCCOC1C(Br)CC1Oc1ccc(CCC)cc1. The first-order chi connectivity index (χ1) is 9.24. The highest BCUT2D eigenvalue weighted by atomic mass is 79.9. The Labute approximate surface area is 124 Å². The van der Waals surface area contributed by atoms with Crippen molar-refractivity contribution in [2.75, 3.05) is 6.61 Å². The molecule has 1 aliphatic carbocycles. The van der Waals surface area contributed by atoms with Gasteiger partial charge in [-0.15, -0.1) is 0 Å². The molecule has 0 radical (unpaired) electrons. The fourth-order valence-electron chi connectivity index (χ4n) is 2.31. The molecule has 0 N–H and O–H groups in total. The Balaban J connectivity index is 1.86. The van der Waals surface area contributed by atoms with Crippen LogP contribution in [0, 0.1) is 0 Å². The van der Waals surface area contributed by atoms with Gasteiger partial charge in [0.25, 0.3) is 0 Å². The number of halogens is 1. The minimum atomic E-state index is 0.188. The van der Waals surface area contributed by atoms with Gasteiger partial charge in [0.1, 0.15) is 18.0 Å². The summed E-state index contributed by atoms with van der Waals surface area (Å²) >= 11 is 3.64. The highest BCUT2D eigenvalue weighted by molar-refractivity contribution is 9.09. The molecular weight excluding hydrogens is 304 g/mol. The van der Waals surface area contributed by atoms with E-state index in [1.807, 2.05) is 0 Å². The summed E-state index contributed by atoms with van der Waals surface area (Å²) in [7, 11) is 0. The van der Waals surface area contributed by atoms with E-state index in [4.69, 9.17) is 9.47 Å². The molecule has 19 heavy (non-hydrogen) atoms. The van der Waals surface area contributed by atoms with Crippen molar-refractivity contribution in [2.45, 2.75) is 56.6 Å². The lowest BCUT2D eigenvalue weighted by Gasteiger charge is -2.40. The second-order valence-electron chi connectivity index (χ2n) is 5.14. The van der Waals surface area contributed by atoms with Gasteiger partial charge in [0.2, 0.25) is 0 Å². The van der Waals surface area contributed by atoms with E-state index in [1.165, 1.54) is 12.0 Å². The van der Waals surface area contributed by atoms with Gasteiger partial charge in [-0.25, -0.2) is 0 Å². The van der Waals surface area contributed by atoms with Crippen LogP contribution < -0.4 is 4.74 Å². The molecule has 0 aromatic heterocycles. The second kappa shape index (κ2) is 7.30. The van der Waals surface area contributed by atoms with Crippen LogP contribution in [0.4, 0.5) is 0 Å². The summed E-state index contributed by atoms with van der Waals surface area (Å²) in [6.07, 6.45) is 4.76. The van der Waals surface area contributed by atoms with Gasteiger partial charge in [0.15, 0.2) is 0 Å². The maximum atomic E-state index is 6.01. The molecule has 2 nitrogen and oxygen atoms in total. The highest BCUT2D eigenvalue weighted by Gasteiger charge is 2.42. The van der Waals surface area contributed by atoms with Gasteiger partial charge in [-0.3, -0.25) is 0 Å². The van der Waals surface area contributed by atoms with E-state index in [-0.39, 0.29) is 12.2 Å². The Kier molecular flexibility index (Phi) is 5.71. The van der Waals surface area contributed by atoms with Crippen molar-refractivity contribution in [2.24, 2.45) is 0 Å². The monoisotopic (exact) mass is 326 g/mol. The molecule has 1 aromatic rings. The van der Waals surface area contributed by atoms with Crippen molar-refractivity contribution >= 4 is 15.9 Å². The molecule has 0 spiro atoms. The van der Waals surface area contributed by atoms with Gasteiger partial charge in [-0.2, -0.15) is 0 Å². The number of hydrogen-bond donors (Lipinski definition) is 0. The van der Waals surface area contributed by atoms with Crippen LogP contribution in [0.25, 0.3) is 0 Å². The summed E-state index contributed by atoms with van der Waals surface area (Å²) in [6.45, 7) is 5.14. The minimum Gasteiger partial charge on any atom is -0.488 e. The van der Waals surface area contributed by atoms with Crippen LogP contribution in [0.3, 0.4) is 0 Å². The van der Waals surface area contributed by atoms with E-state index < -0.39 is 0 Å². The molecule has 0 heterocycles. The predicted molar refractivity (Wildman–Crippen MR) is 82.2 cm³/mol. The molecule has 0 aliphatic heterocycles. The molecule has 3 heteroatoms. The average Bonchev–Trinajstić information content (AvgIpc) is 2.41. The number of ether oxygens (including phenoxy) is 2. The molecule has 1 aliphatic rings. The quantitative estimate of drug-likeness (QED) is 0.693. The van der Waals surface area contributed by atoms with E-state index in [0.29, 0.717) is 4.83 Å². The van der Waals surface area contributed by atoms with E-state index >= 15 is 0 Å². The zero-order chi connectivity index (χ0) is 13.7. The number of aryl methyl sites for hydroxylation is 1. The Hall–Kier alpha value is -0.540. The topological polar surface area (TPSA) is 18.5 Å². The summed E-state index contributed by atoms with van der Waals surface area (Å²) in [6, 6.07) is 8.46. The molecule has 0 saturated heterocycles. The first-order valence-electron chi connectivity index (χ1n) is 7.25. The van der Waals surface area contributed by atoms with Crippen LogP contribution in [0.5, 0.6) is 5.75 Å².